The minimum absolute atomic E-state index is 0.0226. The van der Waals surface area contributed by atoms with Crippen LogP contribution in [0.25, 0.3) is 6.08 Å². The van der Waals surface area contributed by atoms with Crippen LogP contribution in [-0.4, -0.2) is 19.8 Å². The predicted molar refractivity (Wildman–Crippen MR) is 94.6 cm³/mol. The number of rotatable bonds is 4. The van der Waals surface area contributed by atoms with Gasteiger partial charge in [-0.1, -0.05) is 18.2 Å². The normalized spacial score (nSPS) is 15.0. The standard InChI is InChI=1S/C20H17N3O3/c1-20(2)16(15(12-23)19(26-20)14(10-21)11-22)7-5-13-6-8-17(24-3)18(9-13)25-4/h5-9H,1-4H3/b7-5+. The molecule has 6 heteroatoms. The van der Waals surface area contributed by atoms with Gasteiger partial charge in [-0.3, -0.25) is 0 Å². The fourth-order valence-electron chi connectivity index (χ4n) is 2.62. The van der Waals surface area contributed by atoms with Crippen molar-refractivity contribution < 1.29 is 14.2 Å². The van der Waals surface area contributed by atoms with Gasteiger partial charge in [0.25, 0.3) is 0 Å². The molecule has 6 nitrogen and oxygen atoms in total. The van der Waals surface area contributed by atoms with Crippen molar-refractivity contribution in [2.75, 3.05) is 14.2 Å². The maximum absolute atomic E-state index is 9.52. The van der Waals surface area contributed by atoms with Gasteiger partial charge in [-0.2, -0.15) is 15.8 Å². The molecule has 0 saturated heterocycles. The minimum atomic E-state index is -0.841. The molecule has 0 atom stereocenters. The Labute approximate surface area is 152 Å². The second kappa shape index (κ2) is 7.47. The summed E-state index contributed by atoms with van der Waals surface area (Å²) in [4.78, 5) is 0. The monoisotopic (exact) mass is 347 g/mol. The molecule has 2 rings (SSSR count). The van der Waals surface area contributed by atoms with Gasteiger partial charge in [0.2, 0.25) is 0 Å². The van der Waals surface area contributed by atoms with E-state index in [1.807, 2.05) is 12.1 Å². The van der Waals surface area contributed by atoms with Gasteiger partial charge in [0, 0.05) is 5.57 Å². The van der Waals surface area contributed by atoms with Crippen LogP contribution in [0.1, 0.15) is 19.4 Å². The Morgan fingerprint density at radius 3 is 2.23 bits per heavy atom. The quantitative estimate of drug-likeness (QED) is 0.771. The molecule has 0 aliphatic carbocycles. The minimum Gasteiger partial charge on any atom is -0.493 e. The first-order valence-electron chi connectivity index (χ1n) is 7.70. The Morgan fingerprint density at radius 2 is 1.69 bits per heavy atom. The number of allylic oxidation sites excluding steroid dienone is 2. The van der Waals surface area contributed by atoms with Gasteiger partial charge < -0.3 is 14.2 Å². The van der Waals surface area contributed by atoms with E-state index in [0.717, 1.165) is 5.56 Å². The summed E-state index contributed by atoms with van der Waals surface area (Å²) in [6, 6.07) is 11.0. The number of hydrogen-bond acceptors (Lipinski definition) is 6. The lowest BCUT2D eigenvalue weighted by Crippen LogP contribution is -2.20. The molecule has 0 N–H and O–H groups in total. The summed E-state index contributed by atoms with van der Waals surface area (Å²) in [5, 5.41) is 27.7. The van der Waals surface area contributed by atoms with Crippen LogP contribution in [0.15, 0.2) is 46.8 Å². The van der Waals surface area contributed by atoms with Crippen LogP contribution in [0.5, 0.6) is 11.5 Å². The SMILES string of the molecule is COc1ccc(/C=C/C2=C(C#N)C(=C(C#N)C#N)OC2(C)C)cc1OC. The first-order chi connectivity index (χ1) is 12.4. The van der Waals surface area contributed by atoms with E-state index in [0.29, 0.717) is 17.1 Å². The summed E-state index contributed by atoms with van der Waals surface area (Å²) in [6.45, 7) is 3.55. The van der Waals surface area contributed by atoms with Gasteiger partial charge in [0.05, 0.1) is 14.2 Å². The maximum Gasteiger partial charge on any atom is 0.172 e. The van der Waals surface area contributed by atoms with Crippen LogP contribution in [0.4, 0.5) is 0 Å². The molecule has 0 unspecified atom stereocenters. The fourth-order valence-corrected chi connectivity index (χ4v) is 2.62. The number of ether oxygens (including phenoxy) is 3. The number of hydrogen-bond donors (Lipinski definition) is 0. The van der Waals surface area contributed by atoms with Crippen LogP contribution in [0, 0.1) is 34.0 Å². The lowest BCUT2D eigenvalue weighted by atomic mass is 9.94. The molecule has 130 valence electrons. The number of nitriles is 3. The number of methoxy groups -OCH3 is 2. The summed E-state index contributed by atoms with van der Waals surface area (Å²) in [6.07, 6.45) is 3.56. The Balaban J connectivity index is 2.53. The first kappa shape index (κ1) is 18.6. The highest BCUT2D eigenvalue weighted by molar-refractivity contribution is 5.65. The third-order valence-electron chi connectivity index (χ3n) is 3.91. The second-order valence-electron chi connectivity index (χ2n) is 5.89. The average Bonchev–Trinajstić information content (AvgIpc) is 2.90. The van der Waals surface area contributed by atoms with Crippen molar-refractivity contribution in [2.45, 2.75) is 19.4 Å². The average molecular weight is 347 g/mol. The molecule has 1 heterocycles. The van der Waals surface area contributed by atoms with Gasteiger partial charge in [-0.15, -0.1) is 0 Å². The molecular weight excluding hydrogens is 330 g/mol. The topological polar surface area (TPSA) is 99.1 Å². The van der Waals surface area contributed by atoms with Crippen molar-refractivity contribution in [1.82, 2.24) is 0 Å². The summed E-state index contributed by atoms with van der Waals surface area (Å²) >= 11 is 0. The van der Waals surface area contributed by atoms with E-state index in [2.05, 4.69) is 0 Å². The lowest BCUT2D eigenvalue weighted by molar-refractivity contribution is 0.0954. The summed E-state index contributed by atoms with van der Waals surface area (Å²) in [7, 11) is 3.11. The smallest absolute Gasteiger partial charge is 0.172 e. The maximum atomic E-state index is 9.52. The Hall–Kier alpha value is -3.69. The van der Waals surface area contributed by atoms with E-state index < -0.39 is 5.60 Å². The number of benzene rings is 1. The highest BCUT2D eigenvalue weighted by Gasteiger charge is 2.38. The van der Waals surface area contributed by atoms with E-state index in [1.165, 1.54) is 0 Å². The molecule has 1 aliphatic heterocycles. The molecule has 0 aromatic heterocycles. The summed E-state index contributed by atoms with van der Waals surface area (Å²) in [5.41, 5.74) is 0.551. The highest BCUT2D eigenvalue weighted by Crippen LogP contribution is 2.40. The summed E-state index contributed by atoms with van der Waals surface area (Å²) < 4.78 is 16.2. The Bertz CT molecular complexity index is 932. The molecule has 0 saturated carbocycles. The van der Waals surface area contributed by atoms with Crippen molar-refractivity contribution in [2.24, 2.45) is 0 Å². The van der Waals surface area contributed by atoms with Crippen LogP contribution in [0.3, 0.4) is 0 Å². The molecule has 0 radical (unpaired) electrons. The van der Waals surface area contributed by atoms with E-state index in [4.69, 9.17) is 24.7 Å². The van der Waals surface area contributed by atoms with E-state index >= 15 is 0 Å². The van der Waals surface area contributed by atoms with Crippen molar-refractivity contribution in [3.63, 3.8) is 0 Å². The molecule has 26 heavy (non-hydrogen) atoms. The molecule has 0 bridgehead atoms. The van der Waals surface area contributed by atoms with Crippen molar-refractivity contribution in [1.29, 1.82) is 15.8 Å². The summed E-state index contributed by atoms with van der Waals surface area (Å²) in [5.74, 6) is 1.22. The predicted octanol–water partition coefficient (Wildman–Crippen LogP) is 3.65. The molecule has 0 fully saturated rings. The molecular formula is C20H17N3O3. The van der Waals surface area contributed by atoms with Crippen LogP contribution >= 0.6 is 0 Å². The van der Waals surface area contributed by atoms with Gasteiger partial charge in [-0.25, -0.2) is 0 Å². The Kier molecular flexibility index (Phi) is 5.36. The molecule has 1 aromatic rings. The van der Waals surface area contributed by atoms with E-state index in [1.54, 1.807) is 64.5 Å². The zero-order chi connectivity index (χ0) is 19.3. The molecule has 0 amide bonds. The molecule has 0 spiro atoms. The van der Waals surface area contributed by atoms with Gasteiger partial charge in [-0.05, 0) is 31.5 Å². The zero-order valence-corrected chi connectivity index (χ0v) is 15.0. The van der Waals surface area contributed by atoms with Gasteiger partial charge in [0.1, 0.15) is 29.4 Å². The zero-order valence-electron chi connectivity index (χ0n) is 15.0. The van der Waals surface area contributed by atoms with Gasteiger partial charge in [0.15, 0.2) is 22.8 Å². The largest absolute Gasteiger partial charge is 0.493 e. The molecule has 1 aliphatic rings. The van der Waals surface area contributed by atoms with Crippen molar-refractivity contribution in [3.8, 4) is 29.7 Å². The first-order valence-corrected chi connectivity index (χ1v) is 7.70. The van der Waals surface area contributed by atoms with E-state index in [9.17, 15) is 5.26 Å². The van der Waals surface area contributed by atoms with Crippen molar-refractivity contribution in [3.05, 3.63) is 52.3 Å². The van der Waals surface area contributed by atoms with Crippen LogP contribution in [0.2, 0.25) is 0 Å². The van der Waals surface area contributed by atoms with Gasteiger partial charge >= 0.3 is 0 Å². The second-order valence-corrected chi connectivity index (χ2v) is 5.89. The van der Waals surface area contributed by atoms with Crippen LogP contribution in [-0.2, 0) is 4.74 Å². The van der Waals surface area contributed by atoms with Crippen molar-refractivity contribution >= 4 is 6.08 Å². The fraction of sp³-hybridized carbons (Fsp3) is 0.250. The molecule has 1 aromatic carbocycles. The Morgan fingerprint density at radius 1 is 1.04 bits per heavy atom. The number of nitrogens with zero attached hydrogens (tertiary/aromatic N) is 3. The third kappa shape index (κ3) is 3.38. The lowest BCUT2D eigenvalue weighted by Gasteiger charge is -2.20. The highest BCUT2D eigenvalue weighted by atomic mass is 16.5. The van der Waals surface area contributed by atoms with Crippen LogP contribution < -0.4 is 9.47 Å². The van der Waals surface area contributed by atoms with E-state index in [-0.39, 0.29) is 16.9 Å². The third-order valence-corrected chi connectivity index (χ3v) is 3.91.